The van der Waals surface area contributed by atoms with Gasteiger partial charge in [0.2, 0.25) is 5.91 Å². The van der Waals surface area contributed by atoms with Crippen LogP contribution < -0.4 is 5.56 Å². The lowest BCUT2D eigenvalue weighted by atomic mass is 10.1. The number of hydrogen-bond acceptors (Lipinski definition) is 3. The number of aryl methyl sites for hydroxylation is 1. The van der Waals surface area contributed by atoms with Crippen LogP contribution >= 0.6 is 0 Å². The predicted octanol–water partition coefficient (Wildman–Crippen LogP) is 2.49. The summed E-state index contributed by atoms with van der Waals surface area (Å²) in [7, 11) is 0. The van der Waals surface area contributed by atoms with E-state index in [1.165, 1.54) is 23.7 Å². The number of carbonyl (C=O) groups is 1. The summed E-state index contributed by atoms with van der Waals surface area (Å²) in [4.78, 5) is 31.9. The highest BCUT2D eigenvalue weighted by Crippen LogP contribution is 2.39. The van der Waals surface area contributed by atoms with E-state index >= 15 is 0 Å². The van der Waals surface area contributed by atoms with Gasteiger partial charge >= 0.3 is 0 Å². The molecule has 1 aromatic heterocycles. The van der Waals surface area contributed by atoms with E-state index in [4.69, 9.17) is 0 Å². The molecule has 2 saturated carbocycles. The molecule has 0 saturated heterocycles. The molecule has 1 aromatic carbocycles. The standard InChI is InChI=1S/C19H23N3O2/c1-12-3-8-17-16(9-12)19(24)21(11-20-17)10-18(23)22(15-6-7-15)13(2)14-4-5-14/h3,8-9,11,13-15H,4-7,10H2,1-2H3/t13-/m1/s1. The molecule has 5 nitrogen and oxygen atoms in total. The highest BCUT2D eigenvalue weighted by molar-refractivity contribution is 5.80. The summed E-state index contributed by atoms with van der Waals surface area (Å²) in [5, 5.41) is 0.582. The lowest BCUT2D eigenvalue weighted by Gasteiger charge is -2.29. The highest BCUT2D eigenvalue weighted by Gasteiger charge is 2.41. The molecule has 0 unspecified atom stereocenters. The molecule has 0 aliphatic heterocycles. The number of fused-ring (bicyclic) bond motifs is 1. The highest BCUT2D eigenvalue weighted by atomic mass is 16.2. The van der Waals surface area contributed by atoms with Crippen molar-refractivity contribution < 1.29 is 4.79 Å². The Balaban J connectivity index is 1.62. The number of aromatic nitrogens is 2. The van der Waals surface area contributed by atoms with E-state index in [0.717, 1.165) is 18.4 Å². The Morgan fingerprint density at radius 1 is 1.33 bits per heavy atom. The van der Waals surface area contributed by atoms with Crippen LogP contribution in [0.1, 0.15) is 38.2 Å². The van der Waals surface area contributed by atoms with Gasteiger partial charge in [-0.25, -0.2) is 4.98 Å². The number of hydrogen-bond donors (Lipinski definition) is 0. The Labute approximate surface area is 141 Å². The molecule has 0 N–H and O–H groups in total. The van der Waals surface area contributed by atoms with Gasteiger partial charge < -0.3 is 4.90 Å². The first-order valence-corrected chi connectivity index (χ1v) is 8.81. The Bertz CT molecular complexity index is 849. The minimum Gasteiger partial charge on any atom is -0.335 e. The van der Waals surface area contributed by atoms with Crippen LogP contribution in [-0.2, 0) is 11.3 Å². The number of amides is 1. The average Bonchev–Trinajstić information content (AvgIpc) is 3.44. The molecule has 5 heteroatoms. The molecule has 2 aliphatic carbocycles. The molecule has 1 heterocycles. The maximum Gasteiger partial charge on any atom is 0.261 e. The minimum absolute atomic E-state index is 0.0489. The van der Waals surface area contributed by atoms with Crippen molar-refractivity contribution in [3.63, 3.8) is 0 Å². The van der Waals surface area contributed by atoms with E-state index < -0.39 is 0 Å². The third-order valence-electron chi connectivity index (χ3n) is 5.26. The molecule has 0 radical (unpaired) electrons. The van der Waals surface area contributed by atoms with E-state index in [1.54, 1.807) is 0 Å². The van der Waals surface area contributed by atoms with Crippen LogP contribution in [0.5, 0.6) is 0 Å². The van der Waals surface area contributed by atoms with Crippen molar-refractivity contribution in [3.8, 4) is 0 Å². The summed E-state index contributed by atoms with van der Waals surface area (Å²) >= 11 is 0. The Morgan fingerprint density at radius 2 is 2.08 bits per heavy atom. The SMILES string of the molecule is Cc1ccc2ncn(CC(=O)N(C3CC3)[C@H](C)C3CC3)c(=O)c2c1. The van der Waals surface area contributed by atoms with Crippen molar-refractivity contribution in [2.75, 3.05) is 0 Å². The van der Waals surface area contributed by atoms with Gasteiger partial charge in [-0.3, -0.25) is 14.2 Å². The Kier molecular flexibility index (Phi) is 3.66. The van der Waals surface area contributed by atoms with E-state index in [0.29, 0.717) is 22.9 Å². The number of rotatable bonds is 5. The van der Waals surface area contributed by atoms with Crippen molar-refractivity contribution in [2.24, 2.45) is 5.92 Å². The van der Waals surface area contributed by atoms with Crippen LogP contribution in [-0.4, -0.2) is 32.4 Å². The van der Waals surface area contributed by atoms with Gasteiger partial charge in [0.1, 0.15) is 6.54 Å². The van der Waals surface area contributed by atoms with Gasteiger partial charge in [-0.15, -0.1) is 0 Å². The third-order valence-corrected chi connectivity index (χ3v) is 5.26. The van der Waals surface area contributed by atoms with Crippen LogP contribution in [0.3, 0.4) is 0 Å². The lowest BCUT2D eigenvalue weighted by molar-refractivity contribution is -0.135. The smallest absolute Gasteiger partial charge is 0.261 e. The van der Waals surface area contributed by atoms with E-state index in [-0.39, 0.29) is 24.1 Å². The monoisotopic (exact) mass is 325 g/mol. The van der Waals surface area contributed by atoms with Crippen LogP contribution in [0, 0.1) is 12.8 Å². The molecule has 2 fully saturated rings. The summed E-state index contributed by atoms with van der Waals surface area (Å²) < 4.78 is 1.46. The fourth-order valence-corrected chi connectivity index (χ4v) is 3.53. The summed E-state index contributed by atoms with van der Waals surface area (Å²) in [5.74, 6) is 0.691. The van der Waals surface area contributed by atoms with Crippen LogP contribution in [0.4, 0.5) is 0 Å². The first kappa shape index (κ1) is 15.4. The number of benzene rings is 1. The molecule has 1 atom stereocenters. The molecule has 0 spiro atoms. The van der Waals surface area contributed by atoms with Gasteiger partial charge in [-0.05, 0) is 57.6 Å². The molecular formula is C19H23N3O2. The molecule has 0 bridgehead atoms. The van der Waals surface area contributed by atoms with Gasteiger partial charge in [0, 0.05) is 12.1 Å². The summed E-state index contributed by atoms with van der Waals surface area (Å²) in [6, 6.07) is 6.30. The van der Waals surface area contributed by atoms with Crippen molar-refractivity contribution in [2.45, 2.75) is 58.2 Å². The van der Waals surface area contributed by atoms with E-state index in [9.17, 15) is 9.59 Å². The first-order valence-electron chi connectivity index (χ1n) is 8.81. The Hall–Kier alpha value is -2.17. The zero-order valence-corrected chi connectivity index (χ0v) is 14.2. The molecule has 2 aromatic rings. The zero-order valence-electron chi connectivity index (χ0n) is 14.2. The molecule has 24 heavy (non-hydrogen) atoms. The largest absolute Gasteiger partial charge is 0.335 e. The average molecular weight is 325 g/mol. The first-order chi connectivity index (χ1) is 11.5. The van der Waals surface area contributed by atoms with Crippen molar-refractivity contribution in [1.29, 1.82) is 0 Å². The van der Waals surface area contributed by atoms with Crippen molar-refractivity contribution in [1.82, 2.24) is 14.5 Å². The predicted molar refractivity (Wildman–Crippen MR) is 92.8 cm³/mol. The summed E-state index contributed by atoms with van der Waals surface area (Å²) in [5.41, 5.74) is 1.57. The fourth-order valence-electron chi connectivity index (χ4n) is 3.53. The maximum atomic E-state index is 12.9. The lowest BCUT2D eigenvalue weighted by Crippen LogP contribution is -2.44. The molecule has 1 amide bonds. The third kappa shape index (κ3) is 2.83. The molecule has 4 rings (SSSR count). The van der Waals surface area contributed by atoms with E-state index in [2.05, 4.69) is 11.9 Å². The molecule has 126 valence electrons. The maximum absolute atomic E-state index is 12.9. The molecule has 2 aliphatic rings. The van der Waals surface area contributed by atoms with Gasteiger partial charge in [0.25, 0.3) is 5.56 Å². The van der Waals surface area contributed by atoms with E-state index in [1.807, 2.05) is 30.0 Å². The summed E-state index contributed by atoms with van der Waals surface area (Å²) in [6.45, 7) is 4.19. The van der Waals surface area contributed by atoms with Crippen LogP contribution in [0.2, 0.25) is 0 Å². The molecular weight excluding hydrogens is 302 g/mol. The second kappa shape index (κ2) is 5.72. The second-order valence-corrected chi connectivity index (χ2v) is 7.31. The zero-order chi connectivity index (χ0) is 16.8. The Morgan fingerprint density at radius 3 is 2.75 bits per heavy atom. The van der Waals surface area contributed by atoms with Crippen molar-refractivity contribution in [3.05, 3.63) is 40.4 Å². The van der Waals surface area contributed by atoms with Crippen LogP contribution in [0.25, 0.3) is 10.9 Å². The fraction of sp³-hybridized carbons (Fsp3) is 0.526. The van der Waals surface area contributed by atoms with Gasteiger partial charge in [0.15, 0.2) is 0 Å². The van der Waals surface area contributed by atoms with Crippen LogP contribution in [0.15, 0.2) is 29.3 Å². The van der Waals surface area contributed by atoms with Gasteiger partial charge in [-0.1, -0.05) is 11.6 Å². The quantitative estimate of drug-likeness (QED) is 0.849. The number of nitrogens with zero attached hydrogens (tertiary/aromatic N) is 3. The number of carbonyl (C=O) groups excluding carboxylic acids is 1. The topological polar surface area (TPSA) is 55.2 Å². The minimum atomic E-state index is -0.133. The summed E-state index contributed by atoms with van der Waals surface area (Å²) in [6.07, 6.45) is 6.12. The second-order valence-electron chi connectivity index (χ2n) is 7.31. The van der Waals surface area contributed by atoms with Crippen molar-refractivity contribution >= 4 is 16.8 Å². The van der Waals surface area contributed by atoms with Gasteiger partial charge in [0.05, 0.1) is 17.2 Å². The van der Waals surface area contributed by atoms with Gasteiger partial charge in [-0.2, -0.15) is 0 Å². The normalized spacial score (nSPS) is 18.6.